The van der Waals surface area contributed by atoms with Gasteiger partial charge in [-0.1, -0.05) is 13.8 Å². The molecule has 1 amide bonds. The molecule has 1 heterocycles. The zero-order valence-electron chi connectivity index (χ0n) is 12.6. The van der Waals surface area contributed by atoms with Crippen molar-refractivity contribution in [3.8, 4) is 17.2 Å². The Morgan fingerprint density at radius 1 is 1.33 bits per heavy atom. The van der Waals surface area contributed by atoms with Crippen LogP contribution in [0.5, 0.6) is 17.2 Å². The third-order valence-electron chi connectivity index (χ3n) is 3.52. The molecular formula is C15H22N2O4. The van der Waals surface area contributed by atoms with Crippen LogP contribution in [-0.4, -0.2) is 25.3 Å². The quantitative estimate of drug-likeness (QED) is 0.829. The Kier molecular flexibility index (Phi) is 4.90. The van der Waals surface area contributed by atoms with Crippen LogP contribution in [0.2, 0.25) is 0 Å². The number of nitrogens with one attached hydrogen (secondary N) is 1. The monoisotopic (exact) mass is 294 g/mol. The number of rotatable bonds is 6. The first-order valence-electron chi connectivity index (χ1n) is 7.06. The summed E-state index contributed by atoms with van der Waals surface area (Å²) in [6, 6.07) is 3.60. The lowest BCUT2D eigenvalue weighted by molar-refractivity contribution is -0.124. The number of nitrogens with two attached hydrogens (primary N) is 1. The molecule has 1 aromatic carbocycles. The van der Waals surface area contributed by atoms with Crippen LogP contribution in [0.1, 0.15) is 26.3 Å². The van der Waals surface area contributed by atoms with Crippen molar-refractivity contribution in [2.45, 2.75) is 33.4 Å². The van der Waals surface area contributed by atoms with E-state index in [-0.39, 0.29) is 25.3 Å². The lowest BCUT2D eigenvalue weighted by atomic mass is 10.1. The van der Waals surface area contributed by atoms with Gasteiger partial charge in [0.2, 0.25) is 6.79 Å². The molecule has 0 saturated carbocycles. The van der Waals surface area contributed by atoms with Crippen molar-refractivity contribution in [2.24, 2.45) is 11.7 Å². The second kappa shape index (κ2) is 6.67. The summed E-state index contributed by atoms with van der Waals surface area (Å²) in [4.78, 5) is 11.8. The second-order valence-corrected chi connectivity index (χ2v) is 5.41. The van der Waals surface area contributed by atoms with Crippen molar-refractivity contribution in [3.63, 3.8) is 0 Å². The van der Waals surface area contributed by atoms with E-state index in [1.165, 1.54) is 0 Å². The molecule has 3 N–H and O–H groups in total. The predicted molar refractivity (Wildman–Crippen MR) is 78.4 cm³/mol. The van der Waals surface area contributed by atoms with Gasteiger partial charge in [0.15, 0.2) is 18.1 Å². The first kappa shape index (κ1) is 15.4. The van der Waals surface area contributed by atoms with Gasteiger partial charge in [0.1, 0.15) is 5.75 Å². The lowest BCUT2D eigenvalue weighted by Gasteiger charge is -2.18. The number of carbonyl (C=O) groups excluding carboxylic acids is 1. The van der Waals surface area contributed by atoms with Crippen molar-refractivity contribution >= 4 is 5.91 Å². The van der Waals surface area contributed by atoms with Gasteiger partial charge < -0.3 is 25.3 Å². The summed E-state index contributed by atoms with van der Waals surface area (Å²) in [5.41, 5.74) is 6.48. The van der Waals surface area contributed by atoms with Crippen LogP contribution < -0.4 is 25.3 Å². The van der Waals surface area contributed by atoms with E-state index in [1.54, 1.807) is 12.1 Å². The molecule has 0 aromatic heterocycles. The van der Waals surface area contributed by atoms with Crippen molar-refractivity contribution in [2.75, 3.05) is 13.4 Å². The number of hydrogen-bond donors (Lipinski definition) is 2. The molecule has 1 atom stereocenters. The summed E-state index contributed by atoms with van der Waals surface area (Å²) < 4.78 is 16.2. The SMILES string of the molecule is CC(C)C(C)NC(=O)COc1cc2c(cc1CN)OCO2. The van der Waals surface area contributed by atoms with Crippen LogP contribution >= 0.6 is 0 Å². The largest absolute Gasteiger partial charge is 0.483 e. The van der Waals surface area contributed by atoms with E-state index in [0.29, 0.717) is 29.7 Å². The first-order chi connectivity index (χ1) is 10.0. The molecule has 0 aliphatic carbocycles. The second-order valence-electron chi connectivity index (χ2n) is 5.41. The van der Waals surface area contributed by atoms with Gasteiger partial charge in [-0.3, -0.25) is 4.79 Å². The van der Waals surface area contributed by atoms with E-state index < -0.39 is 0 Å². The first-order valence-corrected chi connectivity index (χ1v) is 7.06. The molecule has 21 heavy (non-hydrogen) atoms. The Morgan fingerprint density at radius 3 is 2.62 bits per heavy atom. The highest BCUT2D eigenvalue weighted by molar-refractivity contribution is 5.77. The zero-order chi connectivity index (χ0) is 15.4. The average molecular weight is 294 g/mol. The maximum Gasteiger partial charge on any atom is 0.258 e. The highest BCUT2D eigenvalue weighted by atomic mass is 16.7. The minimum Gasteiger partial charge on any atom is -0.483 e. The van der Waals surface area contributed by atoms with E-state index in [9.17, 15) is 4.79 Å². The molecule has 6 heteroatoms. The standard InChI is InChI=1S/C15H22N2O4/c1-9(2)10(3)17-15(18)7-19-12-5-14-13(20-8-21-14)4-11(12)6-16/h4-5,9-10H,6-8,16H2,1-3H3,(H,17,18). The lowest BCUT2D eigenvalue weighted by Crippen LogP contribution is -2.39. The third-order valence-corrected chi connectivity index (χ3v) is 3.52. The summed E-state index contributed by atoms with van der Waals surface area (Å²) in [5, 5.41) is 2.89. The Balaban J connectivity index is 1.98. The third kappa shape index (κ3) is 3.78. The van der Waals surface area contributed by atoms with Crippen molar-refractivity contribution in [1.82, 2.24) is 5.32 Å². The van der Waals surface area contributed by atoms with Crippen molar-refractivity contribution in [3.05, 3.63) is 17.7 Å². The average Bonchev–Trinajstić information content (AvgIpc) is 2.90. The fourth-order valence-corrected chi connectivity index (χ4v) is 1.86. The van der Waals surface area contributed by atoms with Crippen LogP contribution in [0.25, 0.3) is 0 Å². The molecule has 0 fully saturated rings. The Morgan fingerprint density at radius 2 is 2.00 bits per heavy atom. The van der Waals surface area contributed by atoms with Gasteiger partial charge in [-0.05, 0) is 18.9 Å². The number of fused-ring (bicyclic) bond motifs is 1. The van der Waals surface area contributed by atoms with Crippen LogP contribution in [0, 0.1) is 5.92 Å². The van der Waals surface area contributed by atoms with Gasteiger partial charge >= 0.3 is 0 Å². The molecular weight excluding hydrogens is 272 g/mol. The summed E-state index contributed by atoms with van der Waals surface area (Å²) in [5.74, 6) is 2.03. The molecule has 6 nitrogen and oxygen atoms in total. The molecule has 0 saturated heterocycles. The molecule has 0 radical (unpaired) electrons. The predicted octanol–water partition coefficient (Wildman–Crippen LogP) is 1.41. The molecule has 1 aromatic rings. The van der Waals surface area contributed by atoms with Gasteiger partial charge in [0.25, 0.3) is 5.91 Å². The topological polar surface area (TPSA) is 82.8 Å². The van der Waals surface area contributed by atoms with Crippen LogP contribution in [0.4, 0.5) is 0 Å². The molecule has 2 rings (SSSR count). The van der Waals surface area contributed by atoms with Crippen molar-refractivity contribution in [1.29, 1.82) is 0 Å². The normalized spacial score (nSPS) is 14.1. The maximum absolute atomic E-state index is 11.8. The van der Waals surface area contributed by atoms with Gasteiger partial charge in [0, 0.05) is 24.2 Å². The minimum absolute atomic E-state index is 0.0519. The number of ether oxygens (including phenoxy) is 3. The van der Waals surface area contributed by atoms with Gasteiger partial charge in [0.05, 0.1) is 0 Å². The summed E-state index contributed by atoms with van der Waals surface area (Å²) in [6.45, 7) is 6.51. The number of amides is 1. The molecule has 1 aliphatic rings. The van der Waals surface area contributed by atoms with E-state index in [2.05, 4.69) is 19.2 Å². The highest BCUT2D eigenvalue weighted by Gasteiger charge is 2.18. The summed E-state index contributed by atoms with van der Waals surface area (Å²) in [7, 11) is 0. The van der Waals surface area contributed by atoms with Crippen LogP contribution in [0.3, 0.4) is 0 Å². The smallest absolute Gasteiger partial charge is 0.258 e. The molecule has 0 bridgehead atoms. The summed E-state index contributed by atoms with van der Waals surface area (Å²) >= 11 is 0. The number of carbonyl (C=O) groups is 1. The highest BCUT2D eigenvalue weighted by Crippen LogP contribution is 2.37. The molecule has 1 aliphatic heterocycles. The Labute approximate surface area is 124 Å². The van der Waals surface area contributed by atoms with Crippen LogP contribution in [-0.2, 0) is 11.3 Å². The van der Waals surface area contributed by atoms with Gasteiger partial charge in [-0.15, -0.1) is 0 Å². The maximum atomic E-state index is 11.8. The fourth-order valence-electron chi connectivity index (χ4n) is 1.86. The number of hydrogen-bond acceptors (Lipinski definition) is 5. The van der Waals surface area contributed by atoms with E-state index in [0.717, 1.165) is 5.56 Å². The van der Waals surface area contributed by atoms with E-state index in [4.69, 9.17) is 19.9 Å². The zero-order valence-corrected chi connectivity index (χ0v) is 12.6. The number of benzene rings is 1. The molecule has 0 spiro atoms. The molecule has 1 unspecified atom stereocenters. The summed E-state index contributed by atoms with van der Waals surface area (Å²) in [6.07, 6.45) is 0. The van der Waals surface area contributed by atoms with Crippen LogP contribution in [0.15, 0.2) is 12.1 Å². The van der Waals surface area contributed by atoms with Crippen molar-refractivity contribution < 1.29 is 19.0 Å². The molecule has 116 valence electrons. The van der Waals surface area contributed by atoms with E-state index >= 15 is 0 Å². The van der Waals surface area contributed by atoms with Gasteiger partial charge in [-0.25, -0.2) is 0 Å². The Hall–Kier alpha value is -1.95. The van der Waals surface area contributed by atoms with E-state index in [1.807, 2.05) is 6.92 Å². The Bertz CT molecular complexity index is 517. The fraction of sp³-hybridized carbons (Fsp3) is 0.533. The van der Waals surface area contributed by atoms with Gasteiger partial charge in [-0.2, -0.15) is 0 Å². The minimum atomic E-state index is -0.156.